The minimum Gasteiger partial charge on any atom is -0.456 e. The summed E-state index contributed by atoms with van der Waals surface area (Å²) in [6.45, 7) is 1.46. The highest BCUT2D eigenvalue weighted by Crippen LogP contribution is 2.49. The van der Waals surface area contributed by atoms with Gasteiger partial charge in [0.15, 0.2) is 4.34 Å². The molecule has 12 heteroatoms. The first kappa shape index (κ1) is 23.3. The molecule has 1 aromatic heterocycles. The minimum absolute atomic E-state index is 0.0620. The highest BCUT2D eigenvalue weighted by molar-refractivity contribution is 8.04. The summed E-state index contributed by atoms with van der Waals surface area (Å²) in [5.74, 6) is -1.57. The van der Waals surface area contributed by atoms with Gasteiger partial charge in [-0.2, -0.15) is 0 Å². The second kappa shape index (κ2) is 8.95. The predicted octanol–water partition coefficient (Wildman–Crippen LogP) is 3.45. The smallest absolute Gasteiger partial charge is 0.356 e. The number of carbonyl (C=O) groups is 2. The zero-order valence-electron chi connectivity index (χ0n) is 18.4. The number of ether oxygens (including phenoxy) is 1. The Hall–Kier alpha value is -3.48. The summed E-state index contributed by atoms with van der Waals surface area (Å²) < 4.78 is 7.09. The maximum absolute atomic E-state index is 13.1. The van der Waals surface area contributed by atoms with Gasteiger partial charge in [-0.15, -0.1) is 11.3 Å². The Labute approximate surface area is 207 Å². The number of esters is 1. The van der Waals surface area contributed by atoms with Crippen molar-refractivity contribution >= 4 is 56.6 Å². The van der Waals surface area contributed by atoms with Crippen molar-refractivity contribution in [3.05, 3.63) is 68.7 Å². The second-order valence-electron chi connectivity index (χ2n) is 8.33. The van der Waals surface area contributed by atoms with Crippen LogP contribution < -0.4 is 5.73 Å². The molecule has 2 aromatic carbocycles. The lowest BCUT2D eigenvalue weighted by Crippen LogP contribution is -2.61. The van der Waals surface area contributed by atoms with E-state index in [9.17, 15) is 24.8 Å². The molecule has 180 valence electrons. The summed E-state index contributed by atoms with van der Waals surface area (Å²) in [5, 5.41) is 20.9. The van der Waals surface area contributed by atoms with E-state index in [4.69, 9.17) is 10.5 Å². The molecule has 1 fully saturated rings. The predicted molar refractivity (Wildman–Crippen MR) is 130 cm³/mol. The van der Waals surface area contributed by atoms with Crippen LogP contribution in [-0.2, 0) is 20.9 Å². The fourth-order valence-corrected chi connectivity index (χ4v) is 6.68. The van der Waals surface area contributed by atoms with E-state index < -0.39 is 22.9 Å². The molecule has 0 unspecified atom stereocenters. The van der Waals surface area contributed by atoms with E-state index in [1.807, 2.05) is 12.1 Å². The first-order chi connectivity index (χ1) is 16.7. The van der Waals surface area contributed by atoms with E-state index >= 15 is 0 Å². The fourth-order valence-electron chi connectivity index (χ4n) is 4.31. The molecule has 0 aliphatic carbocycles. The molecule has 5 rings (SSSR count). The number of hydrogen-bond acceptors (Lipinski definition) is 10. The van der Waals surface area contributed by atoms with Crippen LogP contribution in [0, 0.1) is 16.0 Å². The number of anilines is 1. The molecule has 0 spiro atoms. The maximum atomic E-state index is 13.1. The van der Waals surface area contributed by atoms with Crippen molar-refractivity contribution in [1.29, 1.82) is 0 Å². The Kier molecular flexibility index (Phi) is 5.95. The van der Waals surface area contributed by atoms with Crippen LogP contribution in [0.25, 0.3) is 10.2 Å². The Morgan fingerprint density at radius 3 is 2.80 bits per heavy atom. The Bertz CT molecular complexity index is 1380. The van der Waals surface area contributed by atoms with Crippen LogP contribution in [0.15, 0.2) is 57.4 Å². The average Bonchev–Trinajstić information content (AvgIpc) is 3.35. The van der Waals surface area contributed by atoms with Gasteiger partial charge in [0, 0.05) is 29.1 Å². The van der Waals surface area contributed by atoms with Crippen LogP contribution in [0.5, 0.6) is 0 Å². The number of carbonyl (C=O) groups excluding carboxylic acids is 2. The van der Waals surface area contributed by atoms with Crippen molar-refractivity contribution in [2.75, 3.05) is 5.73 Å². The molecule has 3 N–H and O–H groups in total. The number of nitrogens with two attached hydrogens (primary N) is 1. The van der Waals surface area contributed by atoms with Gasteiger partial charge >= 0.3 is 5.97 Å². The van der Waals surface area contributed by atoms with Crippen molar-refractivity contribution in [3.8, 4) is 0 Å². The lowest BCUT2D eigenvalue weighted by molar-refractivity contribution is -0.384. The lowest BCUT2D eigenvalue weighted by atomic mass is 9.83. The number of amides is 1. The van der Waals surface area contributed by atoms with Crippen molar-refractivity contribution in [3.63, 3.8) is 0 Å². The van der Waals surface area contributed by atoms with Crippen molar-refractivity contribution in [2.45, 2.75) is 36.4 Å². The number of thiazole rings is 1. The second-order valence-corrected chi connectivity index (χ2v) is 10.7. The topological polar surface area (TPSA) is 149 Å². The van der Waals surface area contributed by atoms with Gasteiger partial charge in [0.25, 0.3) is 5.69 Å². The summed E-state index contributed by atoms with van der Waals surface area (Å²) in [4.78, 5) is 42.9. The Morgan fingerprint density at radius 2 is 2.11 bits per heavy atom. The van der Waals surface area contributed by atoms with Gasteiger partial charge in [-0.25, -0.2) is 9.78 Å². The zero-order chi connectivity index (χ0) is 24.9. The molecule has 0 radical (unpaired) electrons. The number of thioether (sulfide) groups is 1. The fraction of sp³-hybridized carbons (Fsp3) is 0.261. The number of fused-ring (bicyclic) bond motifs is 2. The van der Waals surface area contributed by atoms with E-state index in [1.165, 1.54) is 52.3 Å². The lowest BCUT2D eigenvalue weighted by Gasteiger charge is -2.44. The molecule has 1 amide bonds. The van der Waals surface area contributed by atoms with E-state index in [0.29, 0.717) is 26.9 Å². The van der Waals surface area contributed by atoms with Gasteiger partial charge in [-0.1, -0.05) is 11.8 Å². The van der Waals surface area contributed by atoms with Crippen LogP contribution >= 0.6 is 23.1 Å². The Balaban J connectivity index is 1.40. The number of non-ortho nitro benzene ring substituents is 1. The third kappa shape index (κ3) is 4.24. The number of nitrogens with zero attached hydrogens (tertiary/aromatic N) is 3. The number of β-lactam (4-membered cyclic amide) rings is 1. The van der Waals surface area contributed by atoms with Gasteiger partial charge in [0.05, 0.1) is 33.2 Å². The summed E-state index contributed by atoms with van der Waals surface area (Å²) in [5.41, 5.74) is 7.95. The maximum Gasteiger partial charge on any atom is 0.356 e. The van der Waals surface area contributed by atoms with Gasteiger partial charge in [-0.3, -0.25) is 14.9 Å². The average molecular weight is 513 g/mol. The van der Waals surface area contributed by atoms with E-state index in [-0.39, 0.29) is 29.9 Å². The Morgan fingerprint density at radius 1 is 1.37 bits per heavy atom. The van der Waals surface area contributed by atoms with E-state index in [0.717, 1.165) is 10.2 Å². The number of benzene rings is 2. The normalized spacial score (nSPS) is 20.1. The highest BCUT2D eigenvalue weighted by Gasteiger charge is 2.57. The van der Waals surface area contributed by atoms with Crippen molar-refractivity contribution in [1.82, 2.24) is 9.88 Å². The summed E-state index contributed by atoms with van der Waals surface area (Å²) in [6, 6.07) is 10.8. The molecule has 3 aromatic rings. The quantitative estimate of drug-likeness (QED) is 0.160. The largest absolute Gasteiger partial charge is 0.456 e. The number of hydrogen-bond donors (Lipinski definition) is 2. The number of aromatic nitrogens is 1. The summed E-state index contributed by atoms with van der Waals surface area (Å²) >= 11 is 2.74. The molecular formula is C23H20N4O6S2. The molecular weight excluding hydrogens is 492 g/mol. The monoisotopic (exact) mass is 512 g/mol. The molecule has 0 bridgehead atoms. The van der Waals surface area contributed by atoms with Gasteiger partial charge < -0.3 is 20.5 Å². The number of rotatable bonds is 7. The molecule has 3 atom stereocenters. The van der Waals surface area contributed by atoms with E-state index in [2.05, 4.69) is 4.98 Å². The molecule has 2 aliphatic rings. The van der Waals surface area contributed by atoms with Crippen LogP contribution in [0.2, 0.25) is 0 Å². The molecule has 1 saturated heterocycles. The van der Waals surface area contributed by atoms with Crippen LogP contribution in [0.4, 0.5) is 11.4 Å². The first-order valence-corrected chi connectivity index (χ1v) is 12.3. The number of aliphatic hydroxyl groups is 1. The molecule has 0 saturated carbocycles. The molecule has 3 heterocycles. The number of nitro groups is 1. The highest BCUT2D eigenvalue weighted by atomic mass is 32.2. The third-order valence-corrected chi connectivity index (χ3v) is 8.19. The van der Waals surface area contributed by atoms with Crippen molar-refractivity contribution in [2.24, 2.45) is 5.92 Å². The van der Waals surface area contributed by atoms with Gasteiger partial charge in [0.2, 0.25) is 5.91 Å². The van der Waals surface area contributed by atoms with Crippen LogP contribution in [0.1, 0.15) is 18.9 Å². The van der Waals surface area contributed by atoms with Gasteiger partial charge in [-0.05, 0) is 42.8 Å². The number of nitro benzene ring substituents is 1. The molecule has 10 nitrogen and oxygen atoms in total. The molecule has 35 heavy (non-hydrogen) atoms. The van der Waals surface area contributed by atoms with Gasteiger partial charge in [0.1, 0.15) is 12.3 Å². The van der Waals surface area contributed by atoms with Crippen molar-refractivity contribution < 1.29 is 24.4 Å². The molecule has 2 aliphatic heterocycles. The third-order valence-electron chi connectivity index (χ3n) is 6.00. The van der Waals surface area contributed by atoms with Crippen LogP contribution in [0.3, 0.4) is 0 Å². The SMILES string of the molecule is C[C@@H](O)[C@H]1C(=O)N2C(C(=O)OCc3ccc([N+](=O)[O-])cc3)=C(Sc3nc4ccc(N)cc4s3)C[C@H]12. The standard InChI is InChI=1S/C23H20N4O6S2/c1-11(28)19-16-9-18(35-23-25-15-7-4-13(24)8-17(15)34-23)20(26(16)21(19)29)22(30)33-10-12-2-5-14(6-3-12)27(31)32/h2-8,11,16,19,28H,9-10,24H2,1H3/t11-,16-,19-/m1/s1. The first-order valence-electron chi connectivity index (χ1n) is 10.7. The summed E-state index contributed by atoms with van der Waals surface area (Å²) in [7, 11) is 0. The number of aliphatic hydroxyl groups excluding tert-OH is 1. The zero-order valence-corrected chi connectivity index (χ0v) is 20.0. The summed E-state index contributed by atoms with van der Waals surface area (Å²) in [6.07, 6.45) is -0.428. The van der Waals surface area contributed by atoms with Crippen LogP contribution in [-0.4, -0.2) is 43.9 Å². The van der Waals surface area contributed by atoms with E-state index in [1.54, 1.807) is 13.0 Å². The number of nitrogen functional groups attached to an aromatic ring is 1. The minimum atomic E-state index is -0.837.